The number of hydrogen-bond acceptors (Lipinski definition) is 5. The number of ether oxygens (including phenoxy) is 1. The summed E-state index contributed by atoms with van der Waals surface area (Å²) in [4.78, 5) is 28.7. The molecular weight excluding hydrogens is 332 g/mol. The second-order valence-corrected chi connectivity index (χ2v) is 7.05. The molecule has 1 saturated carbocycles. The van der Waals surface area contributed by atoms with Gasteiger partial charge >= 0.3 is 0 Å². The highest BCUT2D eigenvalue weighted by Crippen LogP contribution is 2.18. The van der Waals surface area contributed by atoms with E-state index < -0.39 is 0 Å². The number of carbonyl (C=O) groups excluding carboxylic acids is 2. The van der Waals surface area contributed by atoms with Gasteiger partial charge in [-0.2, -0.15) is 0 Å². The molecule has 2 N–H and O–H groups in total. The van der Waals surface area contributed by atoms with Crippen molar-refractivity contribution < 1.29 is 14.3 Å². The van der Waals surface area contributed by atoms with E-state index in [1.165, 1.54) is 0 Å². The Morgan fingerprint density at radius 1 is 1.15 bits per heavy atom. The first-order chi connectivity index (χ1) is 12.5. The van der Waals surface area contributed by atoms with Crippen LogP contribution in [0.15, 0.2) is 24.3 Å². The number of piperazine rings is 1. The fourth-order valence-electron chi connectivity index (χ4n) is 3.10. The molecule has 1 aromatic rings. The third-order valence-corrected chi connectivity index (χ3v) is 5.00. The van der Waals surface area contributed by atoms with Gasteiger partial charge in [0.25, 0.3) is 0 Å². The predicted molar refractivity (Wildman–Crippen MR) is 100 cm³/mol. The first-order valence-electron chi connectivity index (χ1n) is 9.26. The summed E-state index contributed by atoms with van der Waals surface area (Å²) < 4.78 is 5.12. The molecule has 7 heteroatoms. The Morgan fingerprint density at radius 2 is 1.81 bits per heavy atom. The third kappa shape index (κ3) is 5.19. The van der Waals surface area contributed by atoms with E-state index in [4.69, 9.17) is 4.74 Å². The minimum Gasteiger partial charge on any atom is -0.497 e. The van der Waals surface area contributed by atoms with Gasteiger partial charge in [0.05, 0.1) is 19.7 Å². The quantitative estimate of drug-likeness (QED) is 0.756. The molecule has 1 aromatic carbocycles. The fourth-order valence-corrected chi connectivity index (χ4v) is 3.10. The lowest BCUT2D eigenvalue weighted by Crippen LogP contribution is -2.54. The fraction of sp³-hybridized carbons (Fsp3) is 0.579. The average Bonchev–Trinajstić information content (AvgIpc) is 3.46. The van der Waals surface area contributed by atoms with Crippen molar-refractivity contribution in [1.29, 1.82) is 0 Å². The number of rotatable bonds is 7. The molecule has 1 saturated heterocycles. The summed E-state index contributed by atoms with van der Waals surface area (Å²) in [5.74, 6) is 0.860. The molecular formula is C19H28N4O3. The molecule has 0 bridgehead atoms. The first-order valence-corrected chi connectivity index (χ1v) is 9.26. The van der Waals surface area contributed by atoms with E-state index in [-0.39, 0.29) is 17.9 Å². The molecule has 2 aliphatic rings. The van der Waals surface area contributed by atoms with Gasteiger partial charge in [-0.25, -0.2) is 0 Å². The Hall–Kier alpha value is -2.12. The van der Waals surface area contributed by atoms with E-state index in [0.29, 0.717) is 12.6 Å². The average molecular weight is 360 g/mol. The number of anilines is 1. The van der Waals surface area contributed by atoms with Gasteiger partial charge in [-0.3, -0.25) is 19.4 Å². The van der Waals surface area contributed by atoms with E-state index in [1.54, 1.807) is 7.11 Å². The molecule has 0 radical (unpaired) electrons. The van der Waals surface area contributed by atoms with Gasteiger partial charge in [0.1, 0.15) is 5.75 Å². The van der Waals surface area contributed by atoms with Gasteiger partial charge < -0.3 is 15.4 Å². The maximum absolute atomic E-state index is 12.5. The van der Waals surface area contributed by atoms with Gasteiger partial charge in [0.15, 0.2) is 0 Å². The zero-order valence-corrected chi connectivity index (χ0v) is 15.5. The van der Waals surface area contributed by atoms with Crippen LogP contribution in [-0.2, 0) is 9.59 Å². The Bertz CT molecular complexity index is 622. The van der Waals surface area contributed by atoms with Gasteiger partial charge in [-0.05, 0) is 44.0 Å². The number of benzene rings is 1. The number of carbonyl (C=O) groups is 2. The maximum atomic E-state index is 12.5. The lowest BCUT2D eigenvalue weighted by Gasteiger charge is -2.37. The number of nitrogens with zero attached hydrogens (tertiary/aromatic N) is 2. The van der Waals surface area contributed by atoms with Crippen LogP contribution in [0.25, 0.3) is 0 Å². The lowest BCUT2D eigenvalue weighted by atomic mass is 10.2. The smallest absolute Gasteiger partial charge is 0.241 e. The van der Waals surface area contributed by atoms with Crippen molar-refractivity contribution in [3.63, 3.8) is 0 Å². The van der Waals surface area contributed by atoms with E-state index in [0.717, 1.165) is 50.5 Å². The van der Waals surface area contributed by atoms with E-state index in [9.17, 15) is 9.59 Å². The van der Waals surface area contributed by atoms with Crippen molar-refractivity contribution in [1.82, 2.24) is 15.1 Å². The van der Waals surface area contributed by atoms with Crippen LogP contribution in [0, 0.1) is 0 Å². The molecule has 1 aliphatic heterocycles. The summed E-state index contributed by atoms with van der Waals surface area (Å²) in [6, 6.07) is 7.52. The van der Waals surface area contributed by atoms with Crippen LogP contribution < -0.4 is 15.4 Å². The summed E-state index contributed by atoms with van der Waals surface area (Å²) in [7, 11) is 1.62. The van der Waals surface area contributed by atoms with Crippen molar-refractivity contribution in [2.75, 3.05) is 45.2 Å². The topological polar surface area (TPSA) is 73.9 Å². The summed E-state index contributed by atoms with van der Waals surface area (Å²) in [6.45, 7) is 5.56. The van der Waals surface area contributed by atoms with Crippen LogP contribution in [0.5, 0.6) is 5.75 Å². The molecule has 26 heavy (non-hydrogen) atoms. The third-order valence-electron chi connectivity index (χ3n) is 5.00. The highest BCUT2D eigenvalue weighted by Gasteiger charge is 2.28. The van der Waals surface area contributed by atoms with Gasteiger partial charge in [-0.15, -0.1) is 0 Å². The molecule has 1 aliphatic carbocycles. The molecule has 1 atom stereocenters. The predicted octanol–water partition coefficient (Wildman–Crippen LogP) is 0.918. The van der Waals surface area contributed by atoms with Crippen LogP contribution in [0.4, 0.5) is 5.69 Å². The van der Waals surface area contributed by atoms with Crippen molar-refractivity contribution in [3.05, 3.63) is 24.3 Å². The number of methoxy groups -OCH3 is 1. The van der Waals surface area contributed by atoms with Crippen molar-refractivity contribution in [3.8, 4) is 5.75 Å². The monoisotopic (exact) mass is 360 g/mol. The highest BCUT2D eigenvalue weighted by atomic mass is 16.5. The first kappa shape index (κ1) is 18.7. The van der Waals surface area contributed by atoms with E-state index in [2.05, 4.69) is 20.4 Å². The van der Waals surface area contributed by atoms with Crippen LogP contribution in [0.1, 0.15) is 19.8 Å². The van der Waals surface area contributed by atoms with Crippen LogP contribution in [-0.4, -0.2) is 73.5 Å². The summed E-state index contributed by atoms with van der Waals surface area (Å²) in [5.41, 5.74) is 0.762. The zero-order valence-electron chi connectivity index (χ0n) is 15.5. The second-order valence-electron chi connectivity index (χ2n) is 7.05. The molecule has 1 unspecified atom stereocenters. The molecule has 3 rings (SSSR count). The molecule has 2 amide bonds. The summed E-state index contributed by atoms with van der Waals surface area (Å²) in [6.07, 6.45) is 2.22. The van der Waals surface area contributed by atoms with Gasteiger partial charge in [-0.1, -0.05) is 0 Å². The normalized spacial score (nSPS) is 19.6. The number of amides is 2. The summed E-state index contributed by atoms with van der Waals surface area (Å²) >= 11 is 0. The van der Waals surface area contributed by atoms with Crippen molar-refractivity contribution in [2.45, 2.75) is 31.8 Å². The molecule has 0 aromatic heterocycles. The standard InChI is InChI=1S/C19H28N4O3/c1-14(19(25)21-16-5-7-17(26-2)8-6-16)23-11-9-22(10-12-23)13-18(24)20-15-3-4-15/h5-8,14-15H,3-4,9-13H2,1-2H3,(H,20,24)(H,21,25). The molecule has 2 fully saturated rings. The van der Waals surface area contributed by atoms with E-state index >= 15 is 0 Å². The minimum absolute atomic E-state index is 0.0184. The van der Waals surface area contributed by atoms with Crippen LogP contribution in [0.2, 0.25) is 0 Å². The van der Waals surface area contributed by atoms with Crippen molar-refractivity contribution in [2.24, 2.45) is 0 Å². The Balaban J connectivity index is 1.42. The highest BCUT2D eigenvalue weighted by molar-refractivity contribution is 5.94. The Labute approximate surface area is 154 Å². The minimum atomic E-state index is -0.209. The lowest BCUT2D eigenvalue weighted by molar-refractivity contribution is -0.124. The molecule has 142 valence electrons. The number of hydrogen-bond donors (Lipinski definition) is 2. The molecule has 7 nitrogen and oxygen atoms in total. The second kappa shape index (κ2) is 8.51. The van der Waals surface area contributed by atoms with Gasteiger partial charge in [0, 0.05) is 37.9 Å². The van der Waals surface area contributed by atoms with Crippen LogP contribution in [0.3, 0.4) is 0 Å². The van der Waals surface area contributed by atoms with E-state index in [1.807, 2.05) is 31.2 Å². The summed E-state index contributed by atoms with van der Waals surface area (Å²) in [5, 5.41) is 5.97. The van der Waals surface area contributed by atoms with Gasteiger partial charge in [0.2, 0.25) is 11.8 Å². The largest absolute Gasteiger partial charge is 0.497 e. The number of nitrogens with one attached hydrogen (secondary N) is 2. The molecule has 1 heterocycles. The Kier molecular flexibility index (Phi) is 6.11. The SMILES string of the molecule is COc1ccc(NC(=O)C(C)N2CCN(CC(=O)NC3CC3)CC2)cc1. The maximum Gasteiger partial charge on any atom is 0.241 e. The van der Waals surface area contributed by atoms with Crippen LogP contribution >= 0.6 is 0 Å². The van der Waals surface area contributed by atoms with Crippen molar-refractivity contribution >= 4 is 17.5 Å². The Morgan fingerprint density at radius 3 is 2.38 bits per heavy atom. The zero-order chi connectivity index (χ0) is 18.5. The molecule has 0 spiro atoms.